The molecule has 1 fully saturated rings. The molecule has 132 valence electrons. The monoisotopic (exact) mass is 339 g/mol. The topological polar surface area (TPSA) is 55.2 Å². The summed E-state index contributed by atoms with van der Waals surface area (Å²) in [5.41, 5.74) is 1.31. The highest BCUT2D eigenvalue weighted by molar-refractivity contribution is 5.97. The van der Waals surface area contributed by atoms with Gasteiger partial charge in [-0.2, -0.15) is 0 Å². The average molecular weight is 339 g/mol. The fourth-order valence-corrected chi connectivity index (χ4v) is 3.72. The third kappa shape index (κ3) is 3.32. The summed E-state index contributed by atoms with van der Waals surface area (Å²) in [6.45, 7) is 1.57. The van der Waals surface area contributed by atoms with Crippen LogP contribution in [0.4, 0.5) is 0 Å². The molecule has 5 heteroatoms. The van der Waals surface area contributed by atoms with Gasteiger partial charge in [0.15, 0.2) is 0 Å². The Balaban J connectivity index is 1.71. The lowest BCUT2D eigenvalue weighted by Gasteiger charge is -2.18. The van der Waals surface area contributed by atoms with Crippen molar-refractivity contribution in [2.75, 3.05) is 13.6 Å². The zero-order chi connectivity index (χ0) is 17.4. The summed E-state index contributed by atoms with van der Waals surface area (Å²) in [4.78, 5) is 32.0. The molecule has 0 atom stereocenters. The van der Waals surface area contributed by atoms with E-state index in [0.29, 0.717) is 22.4 Å². The average Bonchev–Trinajstić information content (AvgIpc) is 3.39. The highest BCUT2D eigenvalue weighted by Gasteiger charge is 2.25. The minimum Gasteiger partial charge on any atom is -0.341 e. The summed E-state index contributed by atoms with van der Waals surface area (Å²) in [5, 5.41) is 0.616. The number of benzene rings is 1. The summed E-state index contributed by atoms with van der Waals surface area (Å²) < 4.78 is 1.84. The van der Waals surface area contributed by atoms with Gasteiger partial charge in [0.05, 0.1) is 10.9 Å². The van der Waals surface area contributed by atoms with E-state index < -0.39 is 0 Å². The number of aryl methyl sites for hydroxylation is 1. The molecule has 1 aliphatic heterocycles. The van der Waals surface area contributed by atoms with Crippen molar-refractivity contribution in [3.63, 3.8) is 0 Å². The Morgan fingerprint density at radius 3 is 2.84 bits per heavy atom. The van der Waals surface area contributed by atoms with Crippen molar-refractivity contribution in [2.45, 2.75) is 51.5 Å². The highest BCUT2D eigenvalue weighted by Crippen LogP contribution is 2.29. The van der Waals surface area contributed by atoms with Crippen LogP contribution in [0.5, 0.6) is 0 Å². The first kappa shape index (κ1) is 16.3. The Morgan fingerprint density at radius 2 is 2.04 bits per heavy atom. The van der Waals surface area contributed by atoms with Crippen LogP contribution in [0.25, 0.3) is 10.9 Å². The van der Waals surface area contributed by atoms with Gasteiger partial charge >= 0.3 is 0 Å². The first-order valence-electron chi connectivity index (χ1n) is 9.42. The molecule has 0 N–H and O–H groups in total. The number of hydrogen-bond acceptors (Lipinski definition) is 3. The zero-order valence-corrected chi connectivity index (χ0v) is 14.8. The van der Waals surface area contributed by atoms with Gasteiger partial charge < -0.3 is 4.90 Å². The van der Waals surface area contributed by atoms with Crippen molar-refractivity contribution in [1.82, 2.24) is 14.5 Å². The van der Waals surface area contributed by atoms with E-state index in [0.717, 1.165) is 38.2 Å². The number of aromatic nitrogens is 2. The summed E-state index contributed by atoms with van der Waals surface area (Å²) >= 11 is 0. The summed E-state index contributed by atoms with van der Waals surface area (Å²) in [5.74, 6) is 1.55. The van der Waals surface area contributed by atoms with Crippen LogP contribution in [0.3, 0.4) is 0 Å². The lowest BCUT2D eigenvalue weighted by molar-refractivity contribution is 0.0789. The molecule has 25 heavy (non-hydrogen) atoms. The quantitative estimate of drug-likeness (QED) is 0.864. The van der Waals surface area contributed by atoms with Gasteiger partial charge in [-0.05, 0) is 49.8 Å². The predicted octanol–water partition coefficient (Wildman–Crippen LogP) is 3.00. The van der Waals surface area contributed by atoms with Crippen molar-refractivity contribution < 1.29 is 4.79 Å². The van der Waals surface area contributed by atoms with Crippen LogP contribution in [-0.2, 0) is 13.0 Å². The molecular weight excluding hydrogens is 314 g/mol. The molecule has 0 spiro atoms. The maximum absolute atomic E-state index is 12.8. The van der Waals surface area contributed by atoms with Crippen LogP contribution in [0, 0.1) is 5.92 Å². The largest absolute Gasteiger partial charge is 0.341 e. The lowest BCUT2D eigenvalue weighted by atomic mass is 10.1. The first-order valence-corrected chi connectivity index (χ1v) is 9.42. The standard InChI is InChI=1S/C20H25N3O2/c1-22(13-14-7-8-14)19(24)15-9-10-16-17(12-15)21-18-6-4-2-3-5-11-23(18)20(16)25/h9-10,12,14H,2-8,11,13H2,1H3. The van der Waals surface area contributed by atoms with Crippen LogP contribution in [0.15, 0.2) is 23.0 Å². The Hall–Kier alpha value is -2.17. The zero-order valence-electron chi connectivity index (χ0n) is 14.8. The van der Waals surface area contributed by atoms with Crippen molar-refractivity contribution in [2.24, 2.45) is 5.92 Å². The molecule has 1 aliphatic carbocycles. The van der Waals surface area contributed by atoms with Crippen molar-refractivity contribution >= 4 is 16.8 Å². The molecule has 4 rings (SSSR count). The van der Waals surface area contributed by atoms with E-state index in [1.807, 2.05) is 11.6 Å². The van der Waals surface area contributed by atoms with E-state index in [4.69, 9.17) is 4.98 Å². The summed E-state index contributed by atoms with van der Waals surface area (Å²) in [6.07, 6.45) is 7.75. The first-order chi connectivity index (χ1) is 12.1. The van der Waals surface area contributed by atoms with E-state index in [1.165, 1.54) is 25.7 Å². The van der Waals surface area contributed by atoms with Gasteiger partial charge in [0, 0.05) is 32.1 Å². The SMILES string of the molecule is CN(CC1CC1)C(=O)c1ccc2c(=O)n3c(nc2c1)CCCCCC3. The van der Waals surface area contributed by atoms with Gasteiger partial charge in [0.2, 0.25) is 0 Å². The molecule has 0 saturated heterocycles. The molecule has 0 radical (unpaired) electrons. The van der Waals surface area contributed by atoms with Crippen molar-refractivity contribution in [3.8, 4) is 0 Å². The molecule has 5 nitrogen and oxygen atoms in total. The number of hydrogen-bond donors (Lipinski definition) is 0. The third-order valence-electron chi connectivity index (χ3n) is 5.39. The Bertz CT molecular complexity index is 867. The molecule has 1 aromatic carbocycles. The molecule has 2 aromatic rings. The normalized spacial score (nSPS) is 17.6. The predicted molar refractivity (Wildman–Crippen MR) is 97.9 cm³/mol. The summed E-state index contributed by atoms with van der Waals surface area (Å²) in [7, 11) is 1.85. The van der Waals surface area contributed by atoms with E-state index >= 15 is 0 Å². The van der Waals surface area contributed by atoms with Crippen LogP contribution in [0.1, 0.15) is 54.7 Å². The number of amides is 1. The van der Waals surface area contributed by atoms with E-state index in [-0.39, 0.29) is 11.5 Å². The molecule has 2 aliphatic rings. The molecule has 1 amide bonds. The Labute approximate surface area is 147 Å². The van der Waals surface area contributed by atoms with Crippen molar-refractivity contribution in [1.29, 1.82) is 0 Å². The molecule has 2 heterocycles. The van der Waals surface area contributed by atoms with Gasteiger partial charge in [-0.3, -0.25) is 14.2 Å². The molecule has 1 saturated carbocycles. The second-order valence-electron chi connectivity index (χ2n) is 7.51. The number of carbonyl (C=O) groups is 1. The number of fused-ring (bicyclic) bond motifs is 2. The number of rotatable bonds is 3. The maximum Gasteiger partial charge on any atom is 0.261 e. The van der Waals surface area contributed by atoms with E-state index in [2.05, 4.69) is 0 Å². The molecular formula is C20H25N3O2. The van der Waals surface area contributed by atoms with Gasteiger partial charge in [0.1, 0.15) is 5.82 Å². The van der Waals surface area contributed by atoms with Gasteiger partial charge in [-0.1, -0.05) is 12.8 Å². The van der Waals surface area contributed by atoms with Gasteiger partial charge in [-0.15, -0.1) is 0 Å². The van der Waals surface area contributed by atoms with Gasteiger partial charge in [-0.25, -0.2) is 4.98 Å². The third-order valence-corrected chi connectivity index (χ3v) is 5.39. The fraction of sp³-hybridized carbons (Fsp3) is 0.550. The fourth-order valence-electron chi connectivity index (χ4n) is 3.72. The molecule has 0 unspecified atom stereocenters. The van der Waals surface area contributed by atoms with Crippen LogP contribution in [0.2, 0.25) is 0 Å². The van der Waals surface area contributed by atoms with Crippen LogP contribution in [-0.4, -0.2) is 34.0 Å². The van der Waals surface area contributed by atoms with E-state index in [1.54, 1.807) is 23.1 Å². The lowest BCUT2D eigenvalue weighted by Crippen LogP contribution is -2.29. The highest BCUT2D eigenvalue weighted by atomic mass is 16.2. The Kier molecular flexibility index (Phi) is 4.32. The van der Waals surface area contributed by atoms with Crippen LogP contribution >= 0.6 is 0 Å². The van der Waals surface area contributed by atoms with Gasteiger partial charge in [0.25, 0.3) is 11.5 Å². The number of carbonyl (C=O) groups excluding carboxylic acids is 1. The molecule has 1 aromatic heterocycles. The van der Waals surface area contributed by atoms with Crippen molar-refractivity contribution in [3.05, 3.63) is 39.9 Å². The molecule has 0 bridgehead atoms. The second-order valence-corrected chi connectivity index (χ2v) is 7.51. The second kappa shape index (κ2) is 6.62. The minimum absolute atomic E-state index is 0.0162. The van der Waals surface area contributed by atoms with E-state index in [9.17, 15) is 9.59 Å². The summed E-state index contributed by atoms with van der Waals surface area (Å²) in [6, 6.07) is 5.34. The Morgan fingerprint density at radius 1 is 1.24 bits per heavy atom. The number of nitrogens with zero attached hydrogens (tertiary/aromatic N) is 3. The maximum atomic E-state index is 12.8. The van der Waals surface area contributed by atoms with Crippen LogP contribution < -0.4 is 5.56 Å². The minimum atomic E-state index is 0.0162. The smallest absolute Gasteiger partial charge is 0.261 e.